The molecule has 1 heterocycles. The summed E-state index contributed by atoms with van der Waals surface area (Å²) in [7, 11) is 3.22. The first-order valence-electron chi connectivity index (χ1n) is 7.71. The number of carbonyl (C=O) groups excluding carboxylic acids is 1. The Bertz CT molecular complexity index is 438. The number of thioether (sulfide) groups is 1. The topological polar surface area (TPSA) is 54.5 Å². The van der Waals surface area contributed by atoms with Crippen molar-refractivity contribution in [2.75, 3.05) is 33.8 Å². The predicted octanol–water partition coefficient (Wildman–Crippen LogP) is 2.38. The van der Waals surface area contributed by atoms with Gasteiger partial charge in [0.05, 0.1) is 5.03 Å². The molecule has 1 N–H and O–H groups in total. The molecule has 0 saturated heterocycles. The van der Waals surface area contributed by atoms with Crippen molar-refractivity contribution in [3.8, 4) is 0 Å². The Morgan fingerprint density at radius 2 is 2.05 bits per heavy atom. The zero-order valence-corrected chi connectivity index (χ0v) is 14.8. The van der Waals surface area contributed by atoms with E-state index < -0.39 is 4.93 Å². The quantitative estimate of drug-likeness (QED) is 0.529. The Morgan fingerprint density at radius 3 is 2.50 bits per heavy atom. The molecule has 1 unspecified atom stereocenters. The maximum Gasteiger partial charge on any atom is 0.264 e. The molecule has 0 aliphatic carbocycles. The van der Waals surface area contributed by atoms with Crippen LogP contribution in [0.25, 0.3) is 0 Å². The Labute approximate surface area is 137 Å². The first kappa shape index (κ1) is 18.9. The molecule has 0 bridgehead atoms. The van der Waals surface area contributed by atoms with Crippen molar-refractivity contribution in [2.24, 2.45) is 0 Å². The van der Waals surface area contributed by atoms with Gasteiger partial charge >= 0.3 is 0 Å². The molecule has 1 atom stereocenters. The summed E-state index contributed by atoms with van der Waals surface area (Å²) >= 11 is 1.36. The summed E-state index contributed by atoms with van der Waals surface area (Å²) in [5, 5.41) is 3.51. The number of carbonyl (C=O) groups is 1. The number of amides is 1. The minimum Gasteiger partial charge on any atom is -0.357 e. The summed E-state index contributed by atoms with van der Waals surface area (Å²) in [6.07, 6.45) is 3.81. The molecule has 5 nitrogen and oxygen atoms in total. The van der Waals surface area contributed by atoms with E-state index >= 15 is 0 Å². The highest BCUT2D eigenvalue weighted by Gasteiger charge is 2.41. The van der Waals surface area contributed by atoms with E-state index in [4.69, 9.17) is 4.74 Å². The van der Waals surface area contributed by atoms with Crippen LogP contribution in [0.1, 0.15) is 26.7 Å². The Hall–Kier alpha value is -1.11. The van der Waals surface area contributed by atoms with E-state index in [0.717, 1.165) is 31.0 Å². The van der Waals surface area contributed by atoms with Crippen LogP contribution in [-0.2, 0) is 9.53 Å². The lowest BCUT2D eigenvalue weighted by atomic mass is 10.2. The average molecular weight is 325 g/mol. The predicted molar refractivity (Wildman–Crippen MR) is 90.9 cm³/mol. The zero-order valence-electron chi connectivity index (χ0n) is 14.0. The van der Waals surface area contributed by atoms with Crippen LogP contribution in [0, 0.1) is 0 Å². The van der Waals surface area contributed by atoms with Crippen LogP contribution < -0.4 is 5.32 Å². The van der Waals surface area contributed by atoms with E-state index in [2.05, 4.69) is 29.0 Å². The monoisotopic (exact) mass is 325 g/mol. The van der Waals surface area contributed by atoms with E-state index in [0.29, 0.717) is 6.54 Å². The highest BCUT2D eigenvalue weighted by molar-refractivity contribution is 8.01. The third-order valence-electron chi connectivity index (χ3n) is 3.32. The number of likely N-dealkylation sites (N-methyl/N-ethyl adjacent to an activating group) is 1. The molecule has 22 heavy (non-hydrogen) atoms. The van der Waals surface area contributed by atoms with Gasteiger partial charge in [-0.3, -0.25) is 9.69 Å². The second-order valence-electron chi connectivity index (χ2n) is 5.08. The summed E-state index contributed by atoms with van der Waals surface area (Å²) in [5.74, 6) is -0.136. The molecule has 1 aromatic rings. The van der Waals surface area contributed by atoms with Crippen LogP contribution >= 0.6 is 11.8 Å². The average Bonchev–Trinajstić information content (AvgIpc) is 2.54. The second-order valence-corrected chi connectivity index (χ2v) is 6.36. The first-order chi connectivity index (χ1) is 10.6. The molecule has 0 saturated carbocycles. The summed E-state index contributed by atoms with van der Waals surface area (Å²) in [4.78, 5) is 18.1. The van der Waals surface area contributed by atoms with E-state index in [1.54, 1.807) is 20.4 Å². The largest absolute Gasteiger partial charge is 0.357 e. The maximum absolute atomic E-state index is 12.5. The smallest absolute Gasteiger partial charge is 0.264 e. The number of aromatic nitrogens is 1. The van der Waals surface area contributed by atoms with Crippen LogP contribution in [0.3, 0.4) is 0 Å². The Balaban J connectivity index is 3.01. The molecule has 1 aromatic heterocycles. The van der Waals surface area contributed by atoms with E-state index in [1.807, 2.05) is 18.2 Å². The normalized spacial score (nSPS) is 13.9. The van der Waals surface area contributed by atoms with Crippen LogP contribution in [0.5, 0.6) is 0 Å². The third kappa shape index (κ3) is 5.26. The van der Waals surface area contributed by atoms with Gasteiger partial charge in [-0.2, -0.15) is 0 Å². The fraction of sp³-hybridized carbons (Fsp3) is 0.625. The number of pyridine rings is 1. The van der Waals surface area contributed by atoms with Crippen LogP contribution in [0.2, 0.25) is 0 Å². The molecule has 1 amide bonds. The SMILES string of the molecule is CCCN(CCC)CC(OC)(Sc1ccccn1)C(=O)NC. The van der Waals surface area contributed by atoms with Crippen molar-refractivity contribution in [3.05, 3.63) is 24.4 Å². The number of methoxy groups -OCH3 is 1. The van der Waals surface area contributed by atoms with Crippen molar-refractivity contribution < 1.29 is 9.53 Å². The number of hydrogen-bond acceptors (Lipinski definition) is 5. The van der Waals surface area contributed by atoms with E-state index in [-0.39, 0.29) is 5.91 Å². The lowest BCUT2D eigenvalue weighted by molar-refractivity contribution is -0.134. The molecular weight excluding hydrogens is 298 g/mol. The molecule has 1 rings (SSSR count). The molecule has 0 aliphatic rings. The molecular formula is C16H27N3O2S. The highest BCUT2D eigenvalue weighted by Crippen LogP contribution is 2.33. The maximum atomic E-state index is 12.5. The van der Waals surface area contributed by atoms with Crippen molar-refractivity contribution in [3.63, 3.8) is 0 Å². The highest BCUT2D eigenvalue weighted by atomic mass is 32.2. The molecule has 0 spiro atoms. The number of ether oxygens (including phenoxy) is 1. The van der Waals surface area contributed by atoms with Crippen LogP contribution in [0.4, 0.5) is 0 Å². The number of hydrogen-bond donors (Lipinski definition) is 1. The zero-order chi connectivity index (χ0) is 16.4. The molecule has 0 aliphatic heterocycles. The summed E-state index contributed by atoms with van der Waals surface area (Å²) in [6.45, 7) is 6.70. The van der Waals surface area contributed by atoms with Gasteiger partial charge in [0.25, 0.3) is 5.91 Å². The summed E-state index contributed by atoms with van der Waals surface area (Å²) in [5.41, 5.74) is 0. The van der Waals surface area contributed by atoms with Gasteiger partial charge in [-0.15, -0.1) is 0 Å². The van der Waals surface area contributed by atoms with Gasteiger partial charge in [0.2, 0.25) is 4.93 Å². The number of nitrogens with zero attached hydrogens (tertiary/aromatic N) is 2. The second kappa shape index (κ2) is 9.82. The van der Waals surface area contributed by atoms with Crippen molar-refractivity contribution in [1.29, 1.82) is 0 Å². The minimum atomic E-state index is -0.993. The van der Waals surface area contributed by atoms with Gasteiger partial charge in [-0.1, -0.05) is 31.7 Å². The van der Waals surface area contributed by atoms with Gasteiger partial charge in [-0.05, 0) is 38.1 Å². The standard InChI is InChI=1S/C16H27N3O2S/c1-5-11-19(12-6-2)13-16(21-4,15(20)17-3)22-14-9-7-8-10-18-14/h7-10H,5-6,11-13H2,1-4H3,(H,17,20). The molecule has 0 radical (unpaired) electrons. The Morgan fingerprint density at radius 1 is 1.36 bits per heavy atom. The lowest BCUT2D eigenvalue weighted by Crippen LogP contribution is -2.52. The minimum absolute atomic E-state index is 0.136. The first-order valence-corrected chi connectivity index (χ1v) is 8.53. The fourth-order valence-corrected chi connectivity index (χ4v) is 3.44. The molecule has 0 fully saturated rings. The fourth-order valence-electron chi connectivity index (χ4n) is 2.31. The van der Waals surface area contributed by atoms with Gasteiger partial charge in [0, 0.05) is 26.9 Å². The van der Waals surface area contributed by atoms with Gasteiger partial charge in [0.15, 0.2) is 0 Å². The van der Waals surface area contributed by atoms with Gasteiger partial charge in [-0.25, -0.2) is 4.98 Å². The van der Waals surface area contributed by atoms with Crippen LogP contribution in [0.15, 0.2) is 29.4 Å². The van der Waals surface area contributed by atoms with E-state index in [9.17, 15) is 4.79 Å². The van der Waals surface area contributed by atoms with Gasteiger partial charge < -0.3 is 10.1 Å². The molecule has 0 aromatic carbocycles. The molecule has 124 valence electrons. The van der Waals surface area contributed by atoms with Crippen molar-refractivity contribution in [2.45, 2.75) is 36.6 Å². The summed E-state index contributed by atoms with van der Waals surface area (Å²) in [6, 6.07) is 5.67. The third-order valence-corrected chi connectivity index (χ3v) is 4.58. The van der Waals surface area contributed by atoms with Crippen LogP contribution in [-0.4, -0.2) is 54.5 Å². The number of nitrogens with one attached hydrogen (secondary N) is 1. The summed E-state index contributed by atoms with van der Waals surface area (Å²) < 4.78 is 5.69. The van der Waals surface area contributed by atoms with Gasteiger partial charge in [0.1, 0.15) is 0 Å². The van der Waals surface area contributed by atoms with Crippen molar-refractivity contribution >= 4 is 17.7 Å². The van der Waals surface area contributed by atoms with E-state index in [1.165, 1.54) is 11.8 Å². The lowest BCUT2D eigenvalue weighted by Gasteiger charge is -2.34. The number of rotatable bonds is 10. The Kier molecular flexibility index (Phi) is 8.45. The molecule has 6 heteroatoms. The van der Waals surface area contributed by atoms with Crippen molar-refractivity contribution in [1.82, 2.24) is 15.2 Å².